The van der Waals surface area contributed by atoms with E-state index in [0.717, 1.165) is 0 Å². The minimum absolute atomic E-state index is 0. The molecule has 0 aromatic heterocycles. The zero-order chi connectivity index (χ0) is 5.86. The molecule has 0 heterocycles. The molecule has 8 nitrogen and oxygen atoms in total. The van der Waals surface area contributed by atoms with Gasteiger partial charge in [0.15, 0.2) is 0 Å². The number of hydrogen-bond acceptors (Lipinski definition) is 6. The summed E-state index contributed by atoms with van der Waals surface area (Å²) in [7, 11) is 0. The Morgan fingerprint density at radius 3 is 1.09 bits per heavy atom. The second-order valence-corrected chi connectivity index (χ2v) is 1.89. The molecule has 0 atom stereocenters. The monoisotopic (exact) mass is 302 g/mol. The average molecular weight is 303 g/mol. The van der Waals surface area contributed by atoms with Crippen LogP contribution in [-0.4, -0.2) is 7.11 Å². The molecule has 0 aromatic carbocycles. The fourth-order valence-electron chi connectivity index (χ4n) is 0.0422. The summed E-state index contributed by atoms with van der Waals surface area (Å²) in [5.74, 6) is 0. The quantitative estimate of drug-likeness (QED) is 0.293. The molecule has 0 aromatic rings. The van der Waals surface area contributed by atoms with Gasteiger partial charge in [-0.1, -0.05) is 0 Å². The van der Waals surface area contributed by atoms with Crippen LogP contribution in [0.15, 0.2) is 0 Å². The fraction of sp³-hybridized carbons (Fsp3) is 0. The number of nitro groups is 2. The molecule has 0 fully saturated rings. The Morgan fingerprint density at radius 2 is 1.09 bits per heavy atom. The summed E-state index contributed by atoms with van der Waals surface area (Å²) in [6.07, 6.45) is 0. The molecule has 0 rings (SSSR count). The van der Waals surface area contributed by atoms with Gasteiger partial charge in [-0.3, -0.25) is 0 Å². The van der Waals surface area contributed by atoms with Crippen LogP contribution in [0.5, 0.6) is 0 Å². The van der Waals surface area contributed by atoms with Crippen molar-refractivity contribution in [3.63, 3.8) is 0 Å². The first-order chi connectivity index (χ1) is 3.13. The van der Waals surface area contributed by atoms with E-state index in [2.05, 4.69) is 0 Å². The molecule has 11 heteroatoms. The first-order valence-corrected chi connectivity index (χ1v) is 2.40. The maximum Gasteiger partial charge on any atom is -1.00 e. The summed E-state index contributed by atoms with van der Waals surface area (Å²) in [5.41, 5.74) is 0. The predicted octanol–water partition coefficient (Wildman–Crippen LogP) is -6.22. The zero-order valence-electron chi connectivity index (χ0n) is 5.01. The van der Waals surface area contributed by atoms with E-state index in [1.165, 1.54) is 0 Å². The standard InChI is InChI=1S/2ClH.2NO2.2H3N.Pd/c;;2*2-1-3;;;/h2*1H;;;2*1H3;/q;;;;;;+2/p-2. The molecular formula is H6Cl2N4O4Pd. The molecule has 0 unspecified atom stereocenters. The SMILES string of the molecule is N.N.O=[N+]([O-])[Pd+2][N+](=O)[O-].[Cl-].[Cl-]. The fourth-order valence-corrected chi connectivity index (χ4v) is 0.249. The maximum absolute atomic E-state index is 9.20. The van der Waals surface area contributed by atoms with Crippen molar-refractivity contribution in [3.8, 4) is 0 Å². The topological polar surface area (TPSA) is 156 Å². The largest absolute Gasteiger partial charge is 1.00 e. The van der Waals surface area contributed by atoms with Crippen molar-refractivity contribution in [1.82, 2.24) is 12.3 Å². The van der Waals surface area contributed by atoms with Gasteiger partial charge in [0, 0.05) is 0 Å². The van der Waals surface area contributed by atoms with Crippen molar-refractivity contribution < 1.29 is 50.4 Å². The van der Waals surface area contributed by atoms with Gasteiger partial charge in [0.2, 0.25) is 0 Å². The van der Waals surface area contributed by atoms with E-state index in [1.54, 1.807) is 0 Å². The number of hydrogen-bond donors (Lipinski definition) is 2. The molecule has 0 aliphatic rings. The van der Waals surface area contributed by atoms with E-state index < -0.39 is 25.6 Å². The van der Waals surface area contributed by atoms with Gasteiger partial charge in [0.05, 0.1) is 0 Å². The third kappa shape index (κ3) is 40.2. The normalized spacial score (nSPS) is 5.45. The van der Waals surface area contributed by atoms with Crippen LogP contribution < -0.4 is 37.1 Å². The minimum atomic E-state index is -1.58. The summed E-state index contributed by atoms with van der Waals surface area (Å²) < 4.78 is -1.90. The molecule has 0 radical (unpaired) electrons. The number of halogens is 2. The summed E-state index contributed by atoms with van der Waals surface area (Å²) in [6, 6.07) is 0. The molecular weight excluding hydrogens is 297 g/mol. The molecule has 74 valence electrons. The average Bonchev–Trinajstić information content (AvgIpc) is 1.27. The Labute approximate surface area is 83.1 Å². The first-order valence-electron chi connectivity index (χ1n) is 1.01. The van der Waals surface area contributed by atoms with E-state index in [4.69, 9.17) is 0 Å². The Kier molecular flexibility index (Phi) is 45.9. The van der Waals surface area contributed by atoms with Gasteiger partial charge in [-0.15, -0.1) is 0 Å². The maximum atomic E-state index is 9.20. The van der Waals surface area contributed by atoms with Crippen LogP contribution in [0.4, 0.5) is 0 Å². The summed E-state index contributed by atoms with van der Waals surface area (Å²) in [6.45, 7) is 0. The van der Waals surface area contributed by atoms with Crippen LogP contribution in [0.1, 0.15) is 0 Å². The van der Waals surface area contributed by atoms with Gasteiger partial charge in [0.25, 0.3) is 0 Å². The molecule has 0 aliphatic heterocycles. The van der Waals surface area contributed by atoms with E-state index in [1.807, 2.05) is 0 Å². The third-order valence-corrected chi connectivity index (χ3v) is 0.611. The van der Waals surface area contributed by atoms with Gasteiger partial charge in [-0.05, 0) is 0 Å². The van der Waals surface area contributed by atoms with Gasteiger partial charge in [0.1, 0.15) is 0 Å². The van der Waals surface area contributed by atoms with E-state index in [9.17, 15) is 20.2 Å². The Balaban J connectivity index is -0.0000000300. The van der Waals surface area contributed by atoms with Crippen molar-refractivity contribution >= 4 is 0 Å². The smallest absolute Gasteiger partial charge is 1.00 e. The molecule has 0 saturated heterocycles. The van der Waals surface area contributed by atoms with Crippen molar-refractivity contribution in [2.75, 3.05) is 0 Å². The van der Waals surface area contributed by atoms with Crippen LogP contribution in [0.25, 0.3) is 0 Å². The van der Waals surface area contributed by atoms with Crippen LogP contribution in [0.2, 0.25) is 0 Å². The Bertz CT molecular complexity index is 96.3. The third-order valence-electron chi connectivity index (χ3n) is 0.103. The van der Waals surface area contributed by atoms with Crippen molar-refractivity contribution in [3.05, 3.63) is 20.2 Å². The Morgan fingerprint density at radius 1 is 0.909 bits per heavy atom. The number of nitrogens with zero attached hydrogens (tertiary/aromatic N) is 2. The minimum Gasteiger partial charge on any atom is -1.00 e. The van der Waals surface area contributed by atoms with Crippen LogP contribution in [0, 0.1) is 20.2 Å². The van der Waals surface area contributed by atoms with Crippen molar-refractivity contribution in [2.45, 2.75) is 0 Å². The van der Waals surface area contributed by atoms with Crippen molar-refractivity contribution in [1.29, 1.82) is 0 Å². The Hall–Kier alpha value is -0.0377. The van der Waals surface area contributed by atoms with Crippen LogP contribution in [0.3, 0.4) is 0 Å². The molecule has 11 heavy (non-hydrogen) atoms. The second kappa shape index (κ2) is 16.5. The number of rotatable bonds is 2. The molecule has 0 amide bonds. The molecule has 0 saturated carbocycles. The van der Waals surface area contributed by atoms with Gasteiger partial charge in [-0.2, -0.15) is 0 Å². The van der Waals surface area contributed by atoms with Gasteiger partial charge in [-0.25, -0.2) is 0 Å². The molecule has 0 aliphatic carbocycles. The van der Waals surface area contributed by atoms with Crippen LogP contribution >= 0.6 is 0 Å². The van der Waals surface area contributed by atoms with Crippen molar-refractivity contribution in [2.24, 2.45) is 0 Å². The van der Waals surface area contributed by atoms with E-state index in [0.29, 0.717) is 0 Å². The summed E-state index contributed by atoms with van der Waals surface area (Å²) in [4.78, 5) is 18.4. The van der Waals surface area contributed by atoms with E-state index in [-0.39, 0.29) is 37.1 Å². The summed E-state index contributed by atoms with van der Waals surface area (Å²) >= 11 is -1.58. The second-order valence-electron chi connectivity index (χ2n) is 0.443. The molecule has 0 spiro atoms. The van der Waals surface area contributed by atoms with Gasteiger partial charge >= 0.3 is 45.8 Å². The summed E-state index contributed by atoms with van der Waals surface area (Å²) in [5, 5.41) is 18.4. The predicted molar refractivity (Wildman–Crippen MR) is 24.0 cm³/mol. The van der Waals surface area contributed by atoms with Crippen LogP contribution in [-0.2, 0) is 18.5 Å². The van der Waals surface area contributed by atoms with Gasteiger partial charge < -0.3 is 37.1 Å². The van der Waals surface area contributed by atoms with E-state index >= 15 is 0 Å². The zero-order valence-corrected chi connectivity index (χ0v) is 8.08. The molecule has 6 N–H and O–H groups in total. The first kappa shape index (κ1) is 30.6. The molecule has 0 bridgehead atoms.